The van der Waals surface area contributed by atoms with Crippen molar-refractivity contribution in [2.45, 2.75) is 25.4 Å². The first-order valence-electron chi connectivity index (χ1n) is 10.5. The molecule has 0 spiro atoms. The number of aromatic nitrogens is 5. The zero-order chi connectivity index (χ0) is 20.3. The fourth-order valence-corrected chi connectivity index (χ4v) is 4.44. The summed E-state index contributed by atoms with van der Waals surface area (Å²) >= 11 is 0. The lowest BCUT2D eigenvalue weighted by molar-refractivity contribution is 0.122. The summed E-state index contributed by atoms with van der Waals surface area (Å²) in [6.07, 6.45) is 7.43. The number of anilines is 1. The molecule has 3 aromatic rings. The van der Waals surface area contributed by atoms with E-state index in [1.165, 1.54) is 0 Å². The maximum Gasteiger partial charge on any atom is 0.217 e. The van der Waals surface area contributed by atoms with E-state index in [0.717, 1.165) is 81.2 Å². The SMILES string of the molecule is COc1ncccc1CN1CCC(n2ncc3c(N4CCOCC4)ncnc32)CC1. The van der Waals surface area contributed by atoms with Gasteiger partial charge >= 0.3 is 0 Å². The van der Waals surface area contributed by atoms with Crippen molar-refractivity contribution in [3.8, 4) is 5.88 Å². The fraction of sp³-hybridized carbons (Fsp3) is 0.524. The van der Waals surface area contributed by atoms with Crippen LogP contribution in [0.15, 0.2) is 30.9 Å². The van der Waals surface area contributed by atoms with Gasteiger partial charge in [0.2, 0.25) is 5.88 Å². The molecule has 158 valence electrons. The average Bonchev–Trinajstić information content (AvgIpc) is 3.25. The highest BCUT2D eigenvalue weighted by atomic mass is 16.5. The number of nitrogens with zero attached hydrogens (tertiary/aromatic N) is 7. The molecule has 2 aliphatic heterocycles. The third-order valence-electron chi connectivity index (χ3n) is 6.02. The van der Waals surface area contributed by atoms with E-state index in [1.54, 1.807) is 19.6 Å². The monoisotopic (exact) mass is 409 g/mol. The molecule has 3 aromatic heterocycles. The smallest absolute Gasteiger partial charge is 0.217 e. The van der Waals surface area contributed by atoms with Gasteiger partial charge in [-0.1, -0.05) is 6.07 Å². The molecule has 9 nitrogen and oxygen atoms in total. The van der Waals surface area contributed by atoms with Gasteiger partial charge in [0, 0.05) is 44.5 Å². The Morgan fingerprint density at radius 3 is 2.73 bits per heavy atom. The van der Waals surface area contributed by atoms with Gasteiger partial charge < -0.3 is 14.4 Å². The van der Waals surface area contributed by atoms with Crippen molar-refractivity contribution in [2.75, 3.05) is 51.4 Å². The first-order chi connectivity index (χ1) is 14.8. The van der Waals surface area contributed by atoms with Crippen LogP contribution in [0, 0.1) is 0 Å². The Morgan fingerprint density at radius 2 is 1.93 bits per heavy atom. The molecule has 0 aliphatic carbocycles. The molecule has 0 saturated carbocycles. The zero-order valence-electron chi connectivity index (χ0n) is 17.3. The van der Waals surface area contributed by atoms with Crippen LogP contribution in [0.2, 0.25) is 0 Å². The maximum absolute atomic E-state index is 5.48. The molecule has 0 aromatic carbocycles. The van der Waals surface area contributed by atoms with Crippen molar-refractivity contribution in [3.05, 3.63) is 36.4 Å². The number of methoxy groups -OCH3 is 1. The molecule has 5 rings (SSSR count). The lowest BCUT2D eigenvalue weighted by atomic mass is 10.0. The summed E-state index contributed by atoms with van der Waals surface area (Å²) in [5, 5.41) is 5.75. The number of fused-ring (bicyclic) bond motifs is 1. The van der Waals surface area contributed by atoms with Gasteiger partial charge in [-0.2, -0.15) is 5.10 Å². The van der Waals surface area contributed by atoms with E-state index in [4.69, 9.17) is 14.6 Å². The quantitative estimate of drug-likeness (QED) is 0.632. The van der Waals surface area contributed by atoms with E-state index in [2.05, 4.69) is 35.5 Å². The normalized spacial score (nSPS) is 18.8. The van der Waals surface area contributed by atoms with Gasteiger partial charge in [-0.3, -0.25) is 4.90 Å². The lowest BCUT2D eigenvalue weighted by Gasteiger charge is -2.32. The molecule has 9 heteroatoms. The molecule has 0 N–H and O–H groups in total. The number of pyridine rings is 1. The summed E-state index contributed by atoms with van der Waals surface area (Å²) in [7, 11) is 1.67. The summed E-state index contributed by atoms with van der Waals surface area (Å²) in [5.74, 6) is 1.68. The Morgan fingerprint density at radius 1 is 1.10 bits per heavy atom. The molecule has 5 heterocycles. The number of hydrogen-bond donors (Lipinski definition) is 0. The van der Waals surface area contributed by atoms with Crippen LogP contribution in [-0.2, 0) is 11.3 Å². The molecule has 0 bridgehead atoms. The van der Waals surface area contributed by atoms with Gasteiger partial charge in [-0.05, 0) is 18.9 Å². The maximum atomic E-state index is 5.48. The molecule has 0 radical (unpaired) electrons. The van der Waals surface area contributed by atoms with E-state index in [-0.39, 0.29) is 0 Å². The van der Waals surface area contributed by atoms with Crippen LogP contribution in [0.1, 0.15) is 24.4 Å². The van der Waals surface area contributed by atoms with Crippen LogP contribution in [0.25, 0.3) is 11.0 Å². The molecular formula is C21H27N7O2. The molecular weight excluding hydrogens is 382 g/mol. The van der Waals surface area contributed by atoms with Crippen molar-refractivity contribution < 1.29 is 9.47 Å². The first kappa shape index (κ1) is 19.2. The van der Waals surface area contributed by atoms with Gasteiger partial charge in [-0.15, -0.1) is 0 Å². The number of piperidine rings is 1. The largest absolute Gasteiger partial charge is 0.481 e. The van der Waals surface area contributed by atoms with Crippen molar-refractivity contribution in [1.82, 2.24) is 29.6 Å². The van der Waals surface area contributed by atoms with Gasteiger partial charge in [0.05, 0.1) is 37.9 Å². The Labute approximate surface area is 175 Å². The molecule has 2 saturated heterocycles. The van der Waals surface area contributed by atoms with Crippen LogP contribution >= 0.6 is 0 Å². The highest BCUT2D eigenvalue weighted by molar-refractivity contribution is 5.86. The molecule has 2 aliphatic rings. The van der Waals surface area contributed by atoms with Crippen LogP contribution < -0.4 is 9.64 Å². The second-order valence-corrected chi connectivity index (χ2v) is 7.80. The van der Waals surface area contributed by atoms with Gasteiger partial charge in [0.15, 0.2) is 5.65 Å². The summed E-state index contributed by atoms with van der Waals surface area (Å²) in [6.45, 7) is 6.05. The van der Waals surface area contributed by atoms with Gasteiger partial charge in [0.25, 0.3) is 0 Å². The number of ether oxygens (including phenoxy) is 2. The molecule has 0 amide bonds. The molecule has 30 heavy (non-hydrogen) atoms. The third-order valence-corrected chi connectivity index (χ3v) is 6.02. The number of hydrogen-bond acceptors (Lipinski definition) is 8. The Bertz CT molecular complexity index is 994. The Kier molecular flexibility index (Phi) is 5.46. The highest BCUT2D eigenvalue weighted by Gasteiger charge is 2.25. The predicted octanol–water partition coefficient (Wildman–Crippen LogP) is 1.90. The lowest BCUT2D eigenvalue weighted by Crippen LogP contribution is -2.37. The van der Waals surface area contributed by atoms with Crippen LogP contribution in [0.5, 0.6) is 5.88 Å². The van der Waals surface area contributed by atoms with E-state index in [9.17, 15) is 0 Å². The fourth-order valence-electron chi connectivity index (χ4n) is 4.44. The van der Waals surface area contributed by atoms with E-state index in [1.807, 2.05) is 12.3 Å². The van der Waals surface area contributed by atoms with E-state index >= 15 is 0 Å². The summed E-state index contributed by atoms with van der Waals surface area (Å²) in [4.78, 5) is 18.2. The average molecular weight is 409 g/mol. The van der Waals surface area contributed by atoms with Crippen molar-refractivity contribution in [1.29, 1.82) is 0 Å². The third kappa shape index (κ3) is 3.70. The molecule has 2 fully saturated rings. The van der Waals surface area contributed by atoms with Gasteiger partial charge in [-0.25, -0.2) is 19.6 Å². The number of rotatable bonds is 5. The summed E-state index contributed by atoms with van der Waals surface area (Å²) in [6, 6.07) is 4.40. The second kappa shape index (κ2) is 8.53. The van der Waals surface area contributed by atoms with Crippen molar-refractivity contribution in [2.24, 2.45) is 0 Å². The van der Waals surface area contributed by atoms with Crippen molar-refractivity contribution in [3.63, 3.8) is 0 Å². The molecule has 0 atom stereocenters. The summed E-state index contributed by atoms with van der Waals surface area (Å²) in [5.41, 5.74) is 2.06. The van der Waals surface area contributed by atoms with E-state index in [0.29, 0.717) is 11.9 Å². The van der Waals surface area contributed by atoms with Crippen LogP contribution in [-0.4, -0.2) is 76.1 Å². The van der Waals surface area contributed by atoms with Crippen LogP contribution in [0.3, 0.4) is 0 Å². The van der Waals surface area contributed by atoms with Crippen molar-refractivity contribution >= 4 is 16.9 Å². The second-order valence-electron chi connectivity index (χ2n) is 7.80. The first-order valence-corrected chi connectivity index (χ1v) is 10.5. The van der Waals surface area contributed by atoms with E-state index < -0.39 is 0 Å². The minimum atomic E-state index is 0.349. The minimum absolute atomic E-state index is 0.349. The standard InChI is InChI=1S/C21H27N7O2/c1-29-21-16(3-2-6-22-21)14-26-7-4-17(5-8-26)28-20-18(13-25-28)19(23-15-24-20)27-9-11-30-12-10-27/h2-3,6,13,15,17H,4-5,7-12,14H2,1H3. The highest BCUT2D eigenvalue weighted by Crippen LogP contribution is 2.30. The molecule has 0 unspecified atom stereocenters. The Balaban J connectivity index is 1.29. The number of likely N-dealkylation sites (tertiary alicyclic amines) is 1. The minimum Gasteiger partial charge on any atom is -0.481 e. The topological polar surface area (TPSA) is 81.4 Å². The number of morpholine rings is 1. The van der Waals surface area contributed by atoms with Gasteiger partial charge in [0.1, 0.15) is 12.1 Å². The predicted molar refractivity (Wildman–Crippen MR) is 113 cm³/mol. The zero-order valence-corrected chi connectivity index (χ0v) is 17.3. The summed E-state index contributed by atoms with van der Waals surface area (Å²) < 4.78 is 13.0. The van der Waals surface area contributed by atoms with Crippen LogP contribution in [0.4, 0.5) is 5.82 Å². The Hall–Kier alpha value is -2.78.